The third-order valence-electron chi connectivity index (χ3n) is 3.88. The van der Waals surface area contributed by atoms with Crippen molar-refractivity contribution in [2.24, 2.45) is 5.92 Å². The smallest absolute Gasteiger partial charge is 0.149 e. The lowest BCUT2D eigenvalue weighted by molar-refractivity contribution is 0.155. The van der Waals surface area contributed by atoms with E-state index < -0.39 is 0 Å². The van der Waals surface area contributed by atoms with Crippen molar-refractivity contribution in [3.8, 4) is 0 Å². The summed E-state index contributed by atoms with van der Waals surface area (Å²) in [6.45, 7) is 2.37. The average molecular weight is 250 g/mol. The van der Waals surface area contributed by atoms with Gasteiger partial charge in [-0.25, -0.2) is 4.98 Å². The van der Waals surface area contributed by atoms with Crippen LogP contribution in [0.15, 0.2) is 12.1 Å². The maximum absolute atomic E-state index is 9.67. The number of anilines is 3. The number of pyridine rings is 1. The monoisotopic (exact) mass is 250 g/mol. The predicted octanol–water partition coefficient (Wildman–Crippen LogP) is 1.60. The highest BCUT2D eigenvalue weighted by Crippen LogP contribution is 2.34. The number of nitrogen functional groups attached to an aromatic ring is 2. The summed E-state index contributed by atoms with van der Waals surface area (Å²) in [6.07, 6.45) is 4.16. The molecule has 0 atom stereocenters. The van der Waals surface area contributed by atoms with E-state index in [0.29, 0.717) is 17.3 Å². The van der Waals surface area contributed by atoms with Crippen LogP contribution in [-0.2, 0) is 0 Å². The van der Waals surface area contributed by atoms with E-state index in [1.165, 1.54) is 0 Å². The van der Waals surface area contributed by atoms with Crippen molar-refractivity contribution in [2.75, 3.05) is 23.4 Å². The Morgan fingerprint density at radius 2 is 2.06 bits per heavy atom. The summed E-state index contributed by atoms with van der Waals surface area (Å²) in [4.78, 5) is 4.21. The van der Waals surface area contributed by atoms with Crippen LogP contribution in [0.4, 0.5) is 17.3 Å². The van der Waals surface area contributed by atoms with Gasteiger partial charge in [0.2, 0.25) is 0 Å². The van der Waals surface area contributed by atoms with Crippen LogP contribution in [-0.4, -0.2) is 22.2 Å². The van der Waals surface area contributed by atoms with Crippen LogP contribution < -0.4 is 16.8 Å². The van der Waals surface area contributed by atoms with Gasteiger partial charge in [0.25, 0.3) is 0 Å². The first-order valence-corrected chi connectivity index (χ1v) is 6.46. The fourth-order valence-corrected chi connectivity index (χ4v) is 2.46. The van der Waals surface area contributed by atoms with Gasteiger partial charge in [-0.05, 0) is 43.7 Å². The van der Waals surface area contributed by atoms with Crippen LogP contribution in [0.1, 0.15) is 32.6 Å². The van der Waals surface area contributed by atoms with Crippen LogP contribution in [0.2, 0.25) is 0 Å². The van der Waals surface area contributed by atoms with E-state index in [4.69, 9.17) is 11.5 Å². The number of aromatic nitrogens is 1. The first-order valence-electron chi connectivity index (χ1n) is 6.46. The quantitative estimate of drug-likeness (QED) is 0.653. The van der Waals surface area contributed by atoms with E-state index in [1.54, 1.807) is 12.1 Å². The topological polar surface area (TPSA) is 97.2 Å². The third kappa shape index (κ3) is 2.67. The normalized spacial score (nSPS) is 28.0. The Hall–Kier alpha value is -1.49. The van der Waals surface area contributed by atoms with E-state index in [0.717, 1.165) is 31.6 Å². The Morgan fingerprint density at radius 1 is 1.39 bits per heavy atom. The molecule has 0 spiro atoms. The van der Waals surface area contributed by atoms with Crippen LogP contribution >= 0.6 is 0 Å². The van der Waals surface area contributed by atoms with Crippen molar-refractivity contribution in [2.45, 2.75) is 38.1 Å². The Kier molecular flexibility index (Phi) is 3.61. The number of nitrogens with zero attached hydrogens (tertiary/aromatic N) is 1. The summed E-state index contributed by atoms with van der Waals surface area (Å²) in [5.74, 6) is 1.75. The number of aliphatic hydroxyl groups is 1. The van der Waals surface area contributed by atoms with E-state index in [-0.39, 0.29) is 12.1 Å². The molecular weight excluding hydrogens is 228 g/mol. The minimum Gasteiger partial charge on any atom is -0.396 e. The Morgan fingerprint density at radius 3 is 2.61 bits per heavy atom. The molecule has 0 bridgehead atoms. The molecule has 18 heavy (non-hydrogen) atoms. The summed E-state index contributed by atoms with van der Waals surface area (Å²) in [5.41, 5.74) is 11.6. The number of nitrogens with two attached hydrogens (primary N) is 2. The van der Waals surface area contributed by atoms with Crippen LogP contribution in [0.5, 0.6) is 0 Å². The predicted molar refractivity (Wildman–Crippen MR) is 74.1 cm³/mol. The number of hydrogen-bond acceptors (Lipinski definition) is 5. The minimum absolute atomic E-state index is 0.117. The van der Waals surface area contributed by atoms with Crippen molar-refractivity contribution >= 4 is 17.3 Å². The number of hydrogen-bond donors (Lipinski definition) is 4. The van der Waals surface area contributed by atoms with Gasteiger partial charge in [-0.15, -0.1) is 0 Å². The average Bonchev–Trinajstić information content (AvgIpc) is 2.37. The van der Waals surface area contributed by atoms with Gasteiger partial charge in [0.05, 0.1) is 17.8 Å². The molecule has 0 saturated heterocycles. The number of rotatable bonds is 3. The van der Waals surface area contributed by atoms with Gasteiger partial charge in [-0.1, -0.05) is 6.92 Å². The molecule has 0 aromatic carbocycles. The Labute approximate surface area is 108 Å². The van der Waals surface area contributed by atoms with Crippen molar-refractivity contribution in [3.05, 3.63) is 12.1 Å². The minimum atomic E-state index is -0.262. The molecule has 2 rings (SSSR count). The third-order valence-corrected chi connectivity index (χ3v) is 3.88. The van der Waals surface area contributed by atoms with Crippen molar-refractivity contribution < 1.29 is 5.11 Å². The first-order chi connectivity index (χ1) is 8.54. The van der Waals surface area contributed by atoms with Crippen molar-refractivity contribution in [1.82, 2.24) is 4.98 Å². The molecule has 1 aliphatic carbocycles. The Bertz CT molecular complexity index is 413. The molecule has 1 heterocycles. The second kappa shape index (κ2) is 5.02. The standard InChI is InChI=1S/C13H22N4O/c1-9-4-6-13(8-18,7-5-9)17-11-3-2-10(14)12(15)16-11/h2-3,9,18H,4-8,14H2,1H3,(H3,15,16,17). The molecule has 1 saturated carbocycles. The summed E-state index contributed by atoms with van der Waals surface area (Å²) in [7, 11) is 0. The van der Waals surface area contributed by atoms with E-state index in [2.05, 4.69) is 17.2 Å². The summed E-state index contributed by atoms with van der Waals surface area (Å²) >= 11 is 0. The lowest BCUT2D eigenvalue weighted by atomic mass is 9.77. The van der Waals surface area contributed by atoms with Crippen molar-refractivity contribution in [1.29, 1.82) is 0 Å². The van der Waals surface area contributed by atoms with Crippen LogP contribution in [0.25, 0.3) is 0 Å². The highest BCUT2D eigenvalue weighted by molar-refractivity contribution is 5.62. The zero-order valence-corrected chi connectivity index (χ0v) is 10.8. The molecule has 0 amide bonds. The molecular formula is C13H22N4O. The van der Waals surface area contributed by atoms with Gasteiger partial charge < -0.3 is 21.9 Å². The fourth-order valence-electron chi connectivity index (χ4n) is 2.46. The molecule has 1 aromatic heterocycles. The van der Waals surface area contributed by atoms with Gasteiger partial charge in [0.15, 0.2) is 0 Å². The van der Waals surface area contributed by atoms with E-state index in [9.17, 15) is 5.11 Å². The SMILES string of the molecule is CC1CCC(CO)(Nc2ccc(N)c(N)n2)CC1. The van der Waals surface area contributed by atoms with Gasteiger partial charge in [0.1, 0.15) is 11.6 Å². The second-order valence-corrected chi connectivity index (χ2v) is 5.42. The highest BCUT2D eigenvalue weighted by Gasteiger charge is 2.33. The fraction of sp³-hybridized carbons (Fsp3) is 0.615. The number of nitrogens with one attached hydrogen (secondary N) is 1. The maximum Gasteiger partial charge on any atom is 0.149 e. The molecule has 1 aromatic rings. The van der Waals surface area contributed by atoms with E-state index >= 15 is 0 Å². The molecule has 1 fully saturated rings. The largest absolute Gasteiger partial charge is 0.396 e. The van der Waals surface area contributed by atoms with Gasteiger partial charge in [-0.3, -0.25) is 0 Å². The second-order valence-electron chi connectivity index (χ2n) is 5.42. The molecule has 0 aliphatic heterocycles. The van der Waals surface area contributed by atoms with Crippen LogP contribution in [0.3, 0.4) is 0 Å². The summed E-state index contributed by atoms with van der Waals surface area (Å²) < 4.78 is 0. The van der Waals surface area contributed by atoms with Gasteiger partial charge in [-0.2, -0.15) is 0 Å². The first kappa shape index (κ1) is 13.0. The molecule has 1 aliphatic rings. The maximum atomic E-state index is 9.67. The van der Waals surface area contributed by atoms with Gasteiger partial charge in [0, 0.05) is 0 Å². The van der Waals surface area contributed by atoms with E-state index in [1.807, 2.05) is 0 Å². The molecule has 100 valence electrons. The molecule has 0 unspecified atom stereocenters. The molecule has 6 N–H and O–H groups in total. The molecule has 5 nitrogen and oxygen atoms in total. The van der Waals surface area contributed by atoms with Crippen molar-refractivity contribution in [3.63, 3.8) is 0 Å². The lowest BCUT2D eigenvalue weighted by Crippen LogP contribution is -2.45. The van der Waals surface area contributed by atoms with Crippen LogP contribution in [0, 0.1) is 5.92 Å². The number of aliphatic hydroxyl groups excluding tert-OH is 1. The Balaban J connectivity index is 2.12. The zero-order chi connectivity index (χ0) is 13.2. The molecule has 0 radical (unpaired) electrons. The lowest BCUT2D eigenvalue weighted by Gasteiger charge is -2.39. The summed E-state index contributed by atoms with van der Waals surface area (Å²) in [6, 6.07) is 3.54. The van der Waals surface area contributed by atoms with Gasteiger partial charge >= 0.3 is 0 Å². The zero-order valence-electron chi connectivity index (χ0n) is 10.8. The summed E-state index contributed by atoms with van der Waals surface area (Å²) in [5, 5.41) is 13.0. The molecule has 5 heteroatoms. The highest BCUT2D eigenvalue weighted by atomic mass is 16.3.